The highest BCUT2D eigenvalue weighted by Gasteiger charge is 2.24. The molecule has 0 fully saturated rings. The van der Waals surface area contributed by atoms with E-state index in [2.05, 4.69) is 21.3 Å². The Hall–Kier alpha value is -2.87. The summed E-state index contributed by atoms with van der Waals surface area (Å²) < 4.78 is 0. The summed E-state index contributed by atoms with van der Waals surface area (Å²) in [7, 11) is 0. The minimum absolute atomic E-state index is 0.257. The van der Waals surface area contributed by atoms with Gasteiger partial charge in [-0.3, -0.25) is 28.8 Å². The zero-order valence-electron chi connectivity index (χ0n) is 16.7. The lowest BCUT2D eigenvalue weighted by atomic mass is 10.2. The Morgan fingerprint density at radius 1 is 0.967 bits per heavy atom. The van der Waals surface area contributed by atoms with Gasteiger partial charge >= 0.3 is 5.97 Å². The zero-order chi connectivity index (χ0) is 23.3. The Morgan fingerprint density at radius 3 is 2.10 bits per heavy atom. The van der Waals surface area contributed by atoms with E-state index in [1.54, 1.807) is 6.26 Å². The molecule has 0 radical (unpaired) electrons. The topological polar surface area (TPSA) is 223 Å². The van der Waals surface area contributed by atoms with Crippen LogP contribution in [0.3, 0.4) is 0 Å². The second-order valence-corrected chi connectivity index (χ2v) is 7.22. The molecule has 30 heavy (non-hydrogen) atoms. The molecule has 0 aromatic carbocycles. The van der Waals surface area contributed by atoms with E-state index >= 15 is 0 Å². The molecule has 3 atom stereocenters. The van der Waals surface area contributed by atoms with E-state index in [0.717, 1.165) is 0 Å². The molecule has 0 aromatic heterocycles. The summed E-state index contributed by atoms with van der Waals surface area (Å²) in [5.74, 6) is -4.25. The molecule has 0 bridgehead atoms. The number of nitrogens with one attached hydrogen (secondary N) is 4. The van der Waals surface area contributed by atoms with E-state index in [0.29, 0.717) is 5.75 Å². The molecule has 0 saturated heterocycles. The van der Waals surface area contributed by atoms with Gasteiger partial charge in [0, 0.05) is 0 Å². The lowest BCUT2D eigenvalue weighted by molar-refractivity contribution is -0.138. The highest BCUT2D eigenvalue weighted by molar-refractivity contribution is 7.98. The number of carboxylic acids is 1. The van der Waals surface area contributed by atoms with Gasteiger partial charge in [0.15, 0.2) is 0 Å². The maximum atomic E-state index is 12.3. The third-order valence-corrected chi connectivity index (χ3v) is 4.25. The fourth-order valence-electron chi connectivity index (χ4n) is 2.05. The normalized spacial score (nSPS) is 13.3. The van der Waals surface area contributed by atoms with Crippen LogP contribution in [0.15, 0.2) is 0 Å². The average molecular weight is 449 g/mol. The Bertz CT molecular complexity index is 660. The van der Waals surface area contributed by atoms with E-state index in [9.17, 15) is 28.8 Å². The Morgan fingerprint density at radius 2 is 1.57 bits per heavy atom. The molecule has 9 N–H and O–H groups in total. The Kier molecular flexibility index (Phi) is 12.8. The largest absolute Gasteiger partial charge is 0.480 e. The zero-order valence-corrected chi connectivity index (χ0v) is 17.5. The van der Waals surface area contributed by atoms with Crippen LogP contribution in [0.2, 0.25) is 0 Å². The highest BCUT2D eigenvalue weighted by Crippen LogP contribution is 2.02. The van der Waals surface area contributed by atoms with Crippen LogP contribution >= 0.6 is 11.8 Å². The second-order valence-electron chi connectivity index (χ2n) is 6.24. The predicted molar refractivity (Wildman–Crippen MR) is 108 cm³/mol. The molecule has 170 valence electrons. The third kappa shape index (κ3) is 11.9. The number of rotatable bonds is 14. The van der Waals surface area contributed by atoms with Gasteiger partial charge in [-0.2, -0.15) is 11.8 Å². The molecule has 13 nitrogen and oxygen atoms in total. The number of thioether (sulfide) groups is 1. The van der Waals surface area contributed by atoms with Crippen molar-refractivity contribution in [2.75, 3.05) is 25.1 Å². The minimum Gasteiger partial charge on any atom is -0.480 e. The SMILES string of the molecule is CSCC[C@H](NC(=O)[C@H](C)NC(=O)CNC(=O)[C@@H](N)CC(N)=O)C(=O)NCC(=O)O. The van der Waals surface area contributed by atoms with Crippen LogP contribution in [0, 0.1) is 0 Å². The van der Waals surface area contributed by atoms with Crippen molar-refractivity contribution in [1.82, 2.24) is 21.3 Å². The lowest BCUT2D eigenvalue weighted by Crippen LogP contribution is -2.54. The summed E-state index contributed by atoms with van der Waals surface area (Å²) in [5.41, 5.74) is 10.4. The molecule has 5 amide bonds. The van der Waals surface area contributed by atoms with Gasteiger partial charge < -0.3 is 37.8 Å². The Balaban J connectivity index is 4.63. The van der Waals surface area contributed by atoms with Gasteiger partial charge in [-0.25, -0.2) is 0 Å². The number of carboxylic acid groups (broad SMARTS) is 1. The second kappa shape index (κ2) is 14.2. The fraction of sp³-hybridized carbons (Fsp3) is 0.625. The number of hydrogen-bond acceptors (Lipinski definition) is 8. The molecule has 0 aliphatic rings. The highest BCUT2D eigenvalue weighted by atomic mass is 32.2. The molecule has 14 heteroatoms. The number of aliphatic carboxylic acids is 1. The van der Waals surface area contributed by atoms with Crippen LogP contribution in [-0.2, 0) is 28.8 Å². The van der Waals surface area contributed by atoms with Crippen LogP contribution in [0.4, 0.5) is 0 Å². The quantitative estimate of drug-likeness (QED) is 0.138. The molecule has 0 aliphatic carbocycles. The van der Waals surface area contributed by atoms with Crippen molar-refractivity contribution in [1.29, 1.82) is 0 Å². The summed E-state index contributed by atoms with van der Waals surface area (Å²) in [6, 6.07) is -3.22. The van der Waals surface area contributed by atoms with Gasteiger partial charge in [0.05, 0.1) is 19.0 Å². The molecular weight excluding hydrogens is 420 g/mol. The predicted octanol–water partition coefficient (Wildman–Crippen LogP) is -3.75. The fourth-order valence-corrected chi connectivity index (χ4v) is 2.52. The Labute approximate surface area is 177 Å². The molecule has 0 unspecified atom stereocenters. The van der Waals surface area contributed by atoms with Crippen LogP contribution in [-0.4, -0.2) is 83.8 Å². The van der Waals surface area contributed by atoms with Crippen molar-refractivity contribution in [3.8, 4) is 0 Å². The number of nitrogens with two attached hydrogens (primary N) is 2. The lowest BCUT2D eigenvalue weighted by Gasteiger charge is -2.21. The molecule has 0 aliphatic heterocycles. The smallest absolute Gasteiger partial charge is 0.322 e. The minimum atomic E-state index is -1.23. The first kappa shape index (κ1) is 27.1. The van der Waals surface area contributed by atoms with Crippen molar-refractivity contribution in [2.24, 2.45) is 11.5 Å². The van der Waals surface area contributed by atoms with Gasteiger partial charge in [0.25, 0.3) is 0 Å². The first-order chi connectivity index (χ1) is 14.0. The molecule has 0 aromatic rings. The maximum Gasteiger partial charge on any atom is 0.322 e. The van der Waals surface area contributed by atoms with E-state index in [-0.39, 0.29) is 12.8 Å². The van der Waals surface area contributed by atoms with E-state index in [1.807, 2.05) is 0 Å². The monoisotopic (exact) mass is 448 g/mol. The van der Waals surface area contributed by atoms with E-state index < -0.39 is 66.7 Å². The van der Waals surface area contributed by atoms with Gasteiger partial charge in [-0.05, 0) is 25.4 Å². The summed E-state index contributed by atoms with van der Waals surface area (Å²) in [4.78, 5) is 69.2. The number of primary amides is 1. The summed E-state index contributed by atoms with van der Waals surface area (Å²) >= 11 is 1.44. The number of hydrogen-bond donors (Lipinski definition) is 7. The van der Waals surface area contributed by atoms with Gasteiger partial charge in [-0.15, -0.1) is 0 Å². The van der Waals surface area contributed by atoms with Gasteiger partial charge in [0.1, 0.15) is 18.6 Å². The summed E-state index contributed by atoms with van der Waals surface area (Å²) in [5, 5.41) is 17.8. The molecular formula is C16H28N6O7S. The third-order valence-electron chi connectivity index (χ3n) is 3.61. The van der Waals surface area contributed by atoms with Crippen LogP contribution in [0.25, 0.3) is 0 Å². The average Bonchev–Trinajstić information content (AvgIpc) is 2.66. The van der Waals surface area contributed by atoms with Crippen molar-refractivity contribution in [2.45, 2.75) is 37.9 Å². The van der Waals surface area contributed by atoms with Crippen molar-refractivity contribution < 1.29 is 33.9 Å². The van der Waals surface area contributed by atoms with Crippen LogP contribution in [0.1, 0.15) is 19.8 Å². The summed E-state index contributed by atoms with van der Waals surface area (Å²) in [6.07, 6.45) is 1.68. The number of carbonyl (C=O) groups excluding carboxylic acids is 5. The molecule has 0 rings (SSSR count). The standard InChI is InChI=1S/C16H28N6O7S/c1-8(21-12(24)6-19-15(28)9(17)5-11(18)23)14(27)22-10(3-4-30-2)16(29)20-7-13(25)26/h8-10H,3-7,17H2,1-2H3,(H2,18,23)(H,19,28)(H,20,29)(H,21,24)(H,22,27)(H,25,26)/t8-,9-,10-/m0/s1. The van der Waals surface area contributed by atoms with E-state index in [4.69, 9.17) is 16.6 Å². The van der Waals surface area contributed by atoms with Crippen molar-refractivity contribution in [3.63, 3.8) is 0 Å². The van der Waals surface area contributed by atoms with Gasteiger partial charge in [-0.1, -0.05) is 0 Å². The molecule has 0 heterocycles. The first-order valence-electron chi connectivity index (χ1n) is 8.87. The first-order valence-corrected chi connectivity index (χ1v) is 10.3. The molecule has 0 saturated carbocycles. The maximum absolute atomic E-state index is 12.3. The van der Waals surface area contributed by atoms with E-state index in [1.165, 1.54) is 18.7 Å². The van der Waals surface area contributed by atoms with Crippen molar-refractivity contribution >= 4 is 47.3 Å². The molecule has 0 spiro atoms. The van der Waals surface area contributed by atoms with Crippen LogP contribution < -0.4 is 32.7 Å². The van der Waals surface area contributed by atoms with Gasteiger partial charge in [0.2, 0.25) is 29.5 Å². The van der Waals surface area contributed by atoms with Crippen LogP contribution in [0.5, 0.6) is 0 Å². The van der Waals surface area contributed by atoms with Crippen molar-refractivity contribution in [3.05, 3.63) is 0 Å². The number of carbonyl (C=O) groups is 6. The number of amides is 5. The summed E-state index contributed by atoms with van der Waals surface area (Å²) in [6.45, 7) is 0.293.